The van der Waals surface area contributed by atoms with Gasteiger partial charge in [0.15, 0.2) is 5.65 Å². The van der Waals surface area contributed by atoms with Crippen LogP contribution in [0.2, 0.25) is 0 Å². The number of aromatic nitrogens is 5. The first-order valence-electron chi connectivity index (χ1n) is 9.72. The highest BCUT2D eigenvalue weighted by Crippen LogP contribution is 2.33. The van der Waals surface area contributed by atoms with Gasteiger partial charge < -0.3 is 4.98 Å². The quantitative estimate of drug-likeness (QED) is 0.454. The van der Waals surface area contributed by atoms with Gasteiger partial charge in [0, 0.05) is 41.7 Å². The number of hydrogen-bond donors (Lipinski definition) is 1. The number of benzene rings is 1. The van der Waals surface area contributed by atoms with Crippen molar-refractivity contribution in [2.45, 2.75) is 12.8 Å². The van der Waals surface area contributed by atoms with Crippen LogP contribution in [0.4, 0.5) is 4.39 Å². The van der Waals surface area contributed by atoms with E-state index < -0.39 is 5.82 Å². The molecule has 1 aromatic carbocycles. The molecule has 0 amide bonds. The van der Waals surface area contributed by atoms with Crippen LogP contribution in [0, 0.1) is 5.82 Å². The average molecular weight is 395 g/mol. The van der Waals surface area contributed by atoms with E-state index in [1.807, 2.05) is 36.4 Å². The summed E-state index contributed by atoms with van der Waals surface area (Å²) in [6, 6.07) is 17.6. The molecule has 6 heteroatoms. The predicted octanol–water partition coefficient (Wildman–Crippen LogP) is 5.01. The van der Waals surface area contributed by atoms with E-state index in [1.165, 1.54) is 11.8 Å². The third-order valence-corrected chi connectivity index (χ3v) is 5.01. The first-order valence-corrected chi connectivity index (χ1v) is 9.72. The van der Waals surface area contributed by atoms with E-state index in [0.717, 1.165) is 29.7 Å². The van der Waals surface area contributed by atoms with Crippen molar-refractivity contribution in [2.75, 3.05) is 0 Å². The van der Waals surface area contributed by atoms with Gasteiger partial charge in [0.05, 0.1) is 17.4 Å². The van der Waals surface area contributed by atoms with E-state index in [1.54, 1.807) is 24.7 Å². The fraction of sp³-hybridized carbons (Fsp3) is 0.0833. The van der Waals surface area contributed by atoms with Crippen molar-refractivity contribution in [3.63, 3.8) is 0 Å². The third-order valence-electron chi connectivity index (χ3n) is 5.01. The molecule has 0 aliphatic heterocycles. The predicted molar refractivity (Wildman–Crippen MR) is 114 cm³/mol. The Kier molecular flexibility index (Phi) is 4.73. The summed E-state index contributed by atoms with van der Waals surface area (Å²) >= 11 is 0. The van der Waals surface area contributed by atoms with Crippen molar-refractivity contribution < 1.29 is 4.39 Å². The minimum atomic E-state index is -0.396. The summed E-state index contributed by atoms with van der Waals surface area (Å²) in [7, 11) is 0. The van der Waals surface area contributed by atoms with Crippen LogP contribution in [0.25, 0.3) is 33.5 Å². The summed E-state index contributed by atoms with van der Waals surface area (Å²) < 4.78 is 14.6. The maximum atomic E-state index is 14.6. The van der Waals surface area contributed by atoms with Crippen molar-refractivity contribution in [2.24, 2.45) is 0 Å². The van der Waals surface area contributed by atoms with Gasteiger partial charge in [-0.15, -0.1) is 0 Å². The second-order valence-corrected chi connectivity index (χ2v) is 7.02. The Balaban J connectivity index is 1.59. The minimum absolute atomic E-state index is 0.396. The lowest BCUT2D eigenvalue weighted by molar-refractivity contribution is 0.625. The maximum Gasteiger partial charge on any atom is 0.178 e. The molecule has 146 valence electrons. The fourth-order valence-corrected chi connectivity index (χ4v) is 3.54. The number of nitrogens with zero attached hydrogens (tertiary/aromatic N) is 4. The van der Waals surface area contributed by atoms with E-state index >= 15 is 0 Å². The molecule has 0 bridgehead atoms. The second-order valence-electron chi connectivity index (χ2n) is 7.02. The lowest BCUT2D eigenvalue weighted by Gasteiger charge is -2.09. The van der Waals surface area contributed by atoms with Gasteiger partial charge in [-0.2, -0.15) is 0 Å². The molecular weight excluding hydrogens is 377 g/mol. The van der Waals surface area contributed by atoms with E-state index in [4.69, 9.17) is 4.98 Å². The zero-order valence-electron chi connectivity index (χ0n) is 16.1. The number of fused-ring (bicyclic) bond motifs is 1. The molecule has 0 aliphatic carbocycles. The zero-order chi connectivity index (χ0) is 20.3. The molecule has 5 nitrogen and oxygen atoms in total. The number of hydrogen-bond acceptors (Lipinski definition) is 4. The number of pyridine rings is 3. The Morgan fingerprint density at radius 1 is 0.800 bits per heavy atom. The largest absolute Gasteiger partial charge is 0.341 e. The topological polar surface area (TPSA) is 67.3 Å². The average Bonchev–Trinajstić information content (AvgIpc) is 3.20. The molecule has 0 unspecified atom stereocenters. The van der Waals surface area contributed by atoms with Crippen LogP contribution in [-0.2, 0) is 12.8 Å². The fourth-order valence-electron chi connectivity index (χ4n) is 3.54. The third kappa shape index (κ3) is 3.55. The molecule has 1 N–H and O–H groups in total. The van der Waals surface area contributed by atoms with E-state index in [2.05, 4.69) is 32.1 Å². The maximum absolute atomic E-state index is 14.6. The molecule has 0 spiro atoms. The normalized spacial score (nSPS) is 11.1. The van der Waals surface area contributed by atoms with Crippen LogP contribution < -0.4 is 0 Å². The number of aryl methyl sites for hydroxylation is 2. The summed E-state index contributed by atoms with van der Waals surface area (Å²) in [5.41, 5.74) is 5.20. The SMILES string of the molecule is Fc1cnccc1-c1cc2[nH]c(CCc3ccccc3)nc2nc1-c1cccnc1. The van der Waals surface area contributed by atoms with Gasteiger partial charge in [0.1, 0.15) is 11.6 Å². The van der Waals surface area contributed by atoms with Crippen LogP contribution in [0.15, 0.2) is 79.4 Å². The van der Waals surface area contributed by atoms with Gasteiger partial charge in [-0.25, -0.2) is 14.4 Å². The summed E-state index contributed by atoms with van der Waals surface area (Å²) in [4.78, 5) is 20.9. The Hall–Kier alpha value is -3.93. The molecule has 0 atom stereocenters. The van der Waals surface area contributed by atoms with Crippen LogP contribution in [0.1, 0.15) is 11.4 Å². The van der Waals surface area contributed by atoms with Gasteiger partial charge in [-0.1, -0.05) is 30.3 Å². The molecule has 0 aliphatic rings. The van der Waals surface area contributed by atoms with Gasteiger partial charge in [-0.3, -0.25) is 9.97 Å². The van der Waals surface area contributed by atoms with Crippen molar-refractivity contribution in [1.82, 2.24) is 24.9 Å². The Bertz CT molecular complexity index is 1300. The van der Waals surface area contributed by atoms with Crippen LogP contribution >= 0.6 is 0 Å². The summed E-state index contributed by atoms with van der Waals surface area (Å²) in [5.74, 6) is 0.457. The zero-order valence-corrected chi connectivity index (χ0v) is 16.1. The minimum Gasteiger partial charge on any atom is -0.341 e. The van der Waals surface area contributed by atoms with Crippen LogP contribution in [0.3, 0.4) is 0 Å². The number of H-pyrrole nitrogens is 1. The second kappa shape index (κ2) is 7.83. The first-order chi connectivity index (χ1) is 14.8. The highest BCUT2D eigenvalue weighted by molar-refractivity contribution is 5.88. The summed E-state index contributed by atoms with van der Waals surface area (Å²) in [5, 5.41) is 0. The van der Waals surface area contributed by atoms with Crippen molar-refractivity contribution in [1.29, 1.82) is 0 Å². The number of imidazole rings is 1. The van der Waals surface area contributed by atoms with Crippen LogP contribution in [-0.4, -0.2) is 24.9 Å². The summed E-state index contributed by atoms with van der Waals surface area (Å²) in [6.45, 7) is 0. The van der Waals surface area contributed by atoms with Crippen molar-refractivity contribution in [3.05, 3.63) is 96.6 Å². The lowest BCUT2D eigenvalue weighted by Crippen LogP contribution is -1.94. The smallest absolute Gasteiger partial charge is 0.178 e. The van der Waals surface area contributed by atoms with E-state index in [-0.39, 0.29) is 0 Å². The highest BCUT2D eigenvalue weighted by Gasteiger charge is 2.16. The van der Waals surface area contributed by atoms with Gasteiger partial charge >= 0.3 is 0 Å². The Morgan fingerprint density at radius 3 is 2.47 bits per heavy atom. The van der Waals surface area contributed by atoms with Gasteiger partial charge in [0.2, 0.25) is 0 Å². The van der Waals surface area contributed by atoms with E-state index in [9.17, 15) is 4.39 Å². The number of halogens is 1. The molecule has 0 radical (unpaired) electrons. The van der Waals surface area contributed by atoms with Crippen LogP contribution in [0.5, 0.6) is 0 Å². The Labute approximate surface area is 172 Å². The summed E-state index contributed by atoms with van der Waals surface area (Å²) in [6.07, 6.45) is 7.85. The standard InChI is InChI=1S/C24H18FN5/c25-20-15-27-12-10-18(20)19-13-21-24(30-23(19)17-7-4-11-26-14-17)29-22(28-21)9-8-16-5-2-1-3-6-16/h1-7,10-15H,8-9H2,(H,28,29,30). The van der Waals surface area contributed by atoms with Crippen molar-refractivity contribution >= 4 is 11.2 Å². The van der Waals surface area contributed by atoms with E-state index in [0.29, 0.717) is 22.5 Å². The van der Waals surface area contributed by atoms with Gasteiger partial charge in [-0.05, 0) is 36.2 Å². The molecule has 0 saturated carbocycles. The molecule has 0 saturated heterocycles. The van der Waals surface area contributed by atoms with Gasteiger partial charge in [0.25, 0.3) is 0 Å². The molecule has 0 fully saturated rings. The lowest BCUT2D eigenvalue weighted by atomic mass is 10.0. The molecule has 5 rings (SSSR count). The molecule has 4 aromatic heterocycles. The number of nitrogens with one attached hydrogen (secondary N) is 1. The monoisotopic (exact) mass is 395 g/mol. The molecule has 5 aromatic rings. The number of rotatable bonds is 5. The number of aromatic amines is 1. The highest BCUT2D eigenvalue weighted by atomic mass is 19.1. The Morgan fingerprint density at radius 2 is 1.67 bits per heavy atom. The molecular formula is C24H18FN5. The van der Waals surface area contributed by atoms with Crippen molar-refractivity contribution in [3.8, 4) is 22.4 Å². The molecule has 30 heavy (non-hydrogen) atoms. The molecule has 4 heterocycles. The first kappa shape index (κ1) is 18.1.